The minimum Gasteiger partial charge on any atom is -0.345 e. The minimum absolute atomic E-state index is 0.0439. The molecule has 2 atom stereocenters. The van der Waals surface area contributed by atoms with Gasteiger partial charge in [-0.3, -0.25) is 9.59 Å². The molecule has 0 bridgehead atoms. The second-order valence-electron chi connectivity index (χ2n) is 7.10. The highest BCUT2D eigenvalue weighted by molar-refractivity contribution is 5.98. The lowest BCUT2D eigenvalue weighted by Crippen LogP contribution is -2.30. The second-order valence-corrected chi connectivity index (χ2v) is 7.10. The first-order valence-electron chi connectivity index (χ1n) is 8.84. The maximum absolute atomic E-state index is 12.8. The number of amides is 2. The van der Waals surface area contributed by atoms with Crippen molar-refractivity contribution >= 4 is 17.5 Å². The fourth-order valence-electron chi connectivity index (χ4n) is 4.11. The van der Waals surface area contributed by atoms with Gasteiger partial charge in [0.2, 0.25) is 5.91 Å². The van der Waals surface area contributed by atoms with Gasteiger partial charge in [-0.15, -0.1) is 0 Å². The number of benzene rings is 2. The second kappa shape index (κ2) is 6.03. The van der Waals surface area contributed by atoms with E-state index in [1.807, 2.05) is 24.3 Å². The van der Waals surface area contributed by atoms with Crippen LogP contribution in [0.3, 0.4) is 0 Å². The van der Waals surface area contributed by atoms with E-state index < -0.39 is 0 Å². The van der Waals surface area contributed by atoms with Crippen LogP contribution in [0.5, 0.6) is 0 Å². The Balaban J connectivity index is 1.56. The van der Waals surface area contributed by atoms with Gasteiger partial charge in [-0.1, -0.05) is 31.2 Å². The van der Waals surface area contributed by atoms with Crippen molar-refractivity contribution in [3.05, 3.63) is 64.7 Å². The predicted octanol–water partition coefficient (Wildman–Crippen LogP) is 3.26. The summed E-state index contributed by atoms with van der Waals surface area (Å²) < 4.78 is 0. The Bertz CT molecular complexity index is 859. The molecule has 0 aromatic heterocycles. The molecule has 0 spiro atoms. The summed E-state index contributed by atoms with van der Waals surface area (Å²) in [5.74, 6) is 0.397. The highest BCUT2D eigenvalue weighted by Gasteiger charge is 2.31. The zero-order valence-electron chi connectivity index (χ0n) is 14.6. The van der Waals surface area contributed by atoms with Crippen LogP contribution in [0, 0.1) is 5.92 Å². The van der Waals surface area contributed by atoms with Crippen molar-refractivity contribution in [2.45, 2.75) is 32.7 Å². The molecule has 1 heterocycles. The normalized spacial score (nSPS) is 21.0. The van der Waals surface area contributed by atoms with Crippen LogP contribution in [0.1, 0.15) is 46.9 Å². The molecule has 0 saturated heterocycles. The zero-order chi connectivity index (χ0) is 17.6. The van der Waals surface area contributed by atoms with Crippen molar-refractivity contribution in [1.29, 1.82) is 0 Å². The number of anilines is 1. The third kappa shape index (κ3) is 2.72. The van der Waals surface area contributed by atoms with Crippen LogP contribution in [0.2, 0.25) is 0 Å². The maximum atomic E-state index is 12.8. The standard InChI is InChI=1S/C21H22N2O2/c1-13-11-15-5-3-4-6-18(15)20(13)22-21(25)17-7-8-19-16(12-17)9-10-23(19)14(2)24/h3-8,12-13,20H,9-11H2,1-2H3,(H,22,25)/t13-,20-/m1/s1. The van der Waals surface area contributed by atoms with Crippen molar-refractivity contribution in [2.75, 3.05) is 11.4 Å². The maximum Gasteiger partial charge on any atom is 0.251 e. The van der Waals surface area contributed by atoms with Gasteiger partial charge in [-0.2, -0.15) is 0 Å². The van der Waals surface area contributed by atoms with Crippen LogP contribution >= 0.6 is 0 Å². The summed E-state index contributed by atoms with van der Waals surface area (Å²) in [5, 5.41) is 3.21. The molecule has 128 valence electrons. The average molecular weight is 334 g/mol. The van der Waals surface area contributed by atoms with Gasteiger partial charge in [-0.05, 0) is 53.6 Å². The van der Waals surface area contributed by atoms with Crippen LogP contribution in [0.4, 0.5) is 5.69 Å². The van der Waals surface area contributed by atoms with Gasteiger partial charge in [0.15, 0.2) is 0 Å². The van der Waals surface area contributed by atoms with Gasteiger partial charge >= 0.3 is 0 Å². The number of hydrogen-bond acceptors (Lipinski definition) is 2. The molecular weight excluding hydrogens is 312 g/mol. The van der Waals surface area contributed by atoms with E-state index in [0.29, 0.717) is 18.0 Å². The Labute approximate surface area is 147 Å². The van der Waals surface area contributed by atoms with E-state index in [1.165, 1.54) is 11.1 Å². The highest BCUT2D eigenvalue weighted by atomic mass is 16.2. The van der Waals surface area contributed by atoms with Crippen molar-refractivity contribution in [1.82, 2.24) is 5.32 Å². The van der Waals surface area contributed by atoms with Crippen molar-refractivity contribution in [3.63, 3.8) is 0 Å². The number of rotatable bonds is 2. The van der Waals surface area contributed by atoms with Crippen molar-refractivity contribution in [2.24, 2.45) is 5.92 Å². The Hall–Kier alpha value is -2.62. The first kappa shape index (κ1) is 15.9. The Kier molecular flexibility index (Phi) is 3.83. The van der Waals surface area contributed by atoms with Gasteiger partial charge in [-0.25, -0.2) is 0 Å². The van der Waals surface area contributed by atoms with E-state index in [9.17, 15) is 9.59 Å². The predicted molar refractivity (Wildman–Crippen MR) is 97.7 cm³/mol. The molecular formula is C21H22N2O2. The topological polar surface area (TPSA) is 49.4 Å². The molecule has 0 radical (unpaired) electrons. The molecule has 1 N–H and O–H groups in total. The average Bonchev–Trinajstić information content (AvgIpc) is 3.16. The zero-order valence-corrected chi connectivity index (χ0v) is 14.6. The summed E-state index contributed by atoms with van der Waals surface area (Å²) >= 11 is 0. The van der Waals surface area contributed by atoms with Crippen LogP contribution in [-0.2, 0) is 17.6 Å². The Morgan fingerprint density at radius 3 is 2.72 bits per heavy atom. The number of nitrogens with zero attached hydrogens (tertiary/aromatic N) is 1. The monoisotopic (exact) mass is 334 g/mol. The molecule has 25 heavy (non-hydrogen) atoms. The van der Waals surface area contributed by atoms with E-state index in [4.69, 9.17) is 0 Å². The SMILES string of the molecule is CC(=O)N1CCc2cc(C(=O)N[C@H]3c4ccccc4C[C@H]3C)ccc21. The van der Waals surface area contributed by atoms with Gasteiger partial charge in [0, 0.05) is 24.7 Å². The summed E-state index contributed by atoms with van der Waals surface area (Å²) in [6.45, 7) is 4.45. The fraction of sp³-hybridized carbons (Fsp3) is 0.333. The molecule has 0 fully saturated rings. The molecule has 2 aromatic carbocycles. The van der Waals surface area contributed by atoms with E-state index >= 15 is 0 Å². The lowest BCUT2D eigenvalue weighted by atomic mass is 10.0. The first-order chi connectivity index (χ1) is 12.0. The van der Waals surface area contributed by atoms with Gasteiger partial charge in [0.25, 0.3) is 5.91 Å². The summed E-state index contributed by atoms with van der Waals surface area (Å²) in [6, 6.07) is 14.0. The van der Waals surface area contributed by atoms with Gasteiger partial charge in [0.1, 0.15) is 0 Å². The fourth-order valence-corrected chi connectivity index (χ4v) is 4.11. The minimum atomic E-state index is -0.0439. The smallest absolute Gasteiger partial charge is 0.251 e. The Morgan fingerprint density at radius 2 is 1.92 bits per heavy atom. The molecule has 2 aromatic rings. The highest BCUT2D eigenvalue weighted by Crippen LogP contribution is 2.36. The third-order valence-electron chi connectivity index (χ3n) is 5.41. The molecule has 4 heteroatoms. The third-order valence-corrected chi connectivity index (χ3v) is 5.41. The number of fused-ring (bicyclic) bond motifs is 2. The van der Waals surface area contributed by atoms with E-state index in [0.717, 1.165) is 24.1 Å². The Morgan fingerprint density at radius 1 is 1.12 bits per heavy atom. The lowest BCUT2D eigenvalue weighted by Gasteiger charge is -2.19. The summed E-state index contributed by atoms with van der Waals surface area (Å²) in [7, 11) is 0. The lowest BCUT2D eigenvalue weighted by molar-refractivity contribution is -0.116. The van der Waals surface area contributed by atoms with E-state index in [2.05, 4.69) is 30.4 Å². The molecule has 4 nitrogen and oxygen atoms in total. The van der Waals surface area contributed by atoms with Crippen molar-refractivity contribution < 1.29 is 9.59 Å². The summed E-state index contributed by atoms with van der Waals surface area (Å²) in [5.41, 5.74) is 5.23. The first-order valence-corrected chi connectivity index (χ1v) is 8.84. The van der Waals surface area contributed by atoms with E-state index in [-0.39, 0.29) is 17.9 Å². The van der Waals surface area contributed by atoms with Crippen LogP contribution in [0.25, 0.3) is 0 Å². The quantitative estimate of drug-likeness (QED) is 0.916. The molecule has 0 unspecified atom stereocenters. The molecule has 4 rings (SSSR count). The van der Waals surface area contributed by atoms with Gasteiger partial charge < -0.3 is 10.2 Å². The van der Waals surface area contributed by atoms with Gasteiger partial charge in [0.05, 0.1) is 6.04 Å². The largest absolute Gasteiger partial charge is 0.345 e. The van der Waals surface area contributed by atoms with Crippen molar-refractivity contribution in [3.8, 4) is 0 Å². The number of hydrogen-bond donors (Lipinski definition) is 1. The van der Waals surface area contributed by atoms with Crippen LogP contribution in [-0.4, -0.2) is 18.4 Å². The molecule has 1 aliphatic heterocycles. The number of carbonyl (C=O) groups is 2. The molecule has 1 aliphatic carbocycles. The number of carbonyl (C=O) groups excluding carboxylic acids is 2. The molecule has 2 amide bonds. The van der Waals surface area contributed by atoms with Crippen LogP contribution in [0.15, 0.2) is 42.5 Å². The summed E-state index contributed by atoms with van der Waals surface area (Å²) in [4.78, 5) is 26.2. The number of nitrogens with one attached hydrogen (secondary N) is 1. The molecule has 0 saturated carbocycles. The van der Waals surface area contributed by atoms with Crippen LogP contribution < -0.4 is 10.2 Å². The summed E-state index contributed by atoms with van der Waals surface area (Å²) in [6.07, 6.45) is 1.80. The van der Waals surface area contributed by atoms with E-state index in [1.54, 1.807) is 11.8 Å². The molecule has 2 aliphatic rings.